The van der Waals surface area contributed by atoms with Crippen LogP contribution in [0.2, 0.25) is 0 Å². The molecule has 1 aliphatic heterocycles. The molecule has 21 heavy (non-hydrogen) atoms. The molecule has 2 atom stereocenters. The quantitative estimate of drug-likeness (QED) is 0.434. The lowest BCUT2D eigenvalue weighted by Crippen LogP contribution is -2.48. The normalized spacial score (nSPS) is 24.8. The van der Waals surface area contributed by atoms with Crippen molar-refractivity contribution >= 4 is 40.2 Å². The summed E-state index contributed by atoms with van der Waals surface area (Å²) in [5.74, 6) is 1.12. The third-order valence-electron chi connectivity index (χ3n) is 3.66. The summed E-state index contributed by atoms with van der Waals surface area (Å²) in [6.45, 7) is 0.628. The first-order chi connectivity index (χ1) is 10.1. The molecule has 0 aliphatic carbocycles. The van der Waals surface area contributed by atoms with Crippen LogP contribution in [-0.4, -0.2) is 37.1 Å². The van der Waals surface area contributed by atoms with Crippen molar-refractivity contribution in [3.63, 3.8) is 0 Å². The van der Waals surface area contributed by atoms with Crippen LogP contribution < -0.4 is 10.1 Å². The van der Waals surface area contributed by atoms with E-state index in [1.54, 1.807) is 0 Å². The Morgan fingerprint density at radius 3 is 3.05 bits per heavy atom. The molecule has 1 aliphatic rings. The average Bonchev–Trinajstić information content (AvgIpc) is 2.88. The van der Waals surface area contributed by atoms with Crippen molar-refractivity contribution in [1.82, 2.24) is 5.32 Å². The van der Waals surface area contributed by atoms with E-state index in [4.69, 9.17) is 21.1 Å². The number of carbonyl (C=O) groups excluding carboxylic acids is 1. The smallest absolute Gasteiger partial charge is 0.326 e. The SMILES string of the molecule is COC(=O)[C@]1(CCCCl)C[C@@H](Oc2cccc(I)c2)CN1. The molecule has 0 unspecified atom stereocenters. The zero-order valence-corrected chi connectivity index (χ0v) is 14.8. The van der Waals surface area contributed by atoms with Gasteiger partial charge in [0, 0.05) is 22.4 Å². The predicted molar refractivity (Wildman–Crippen MR) is 90.9 cm³/mol. The Labute approximate surface area is 143 Å². The van der Waals surface area contributed by atoms with Gasteiger partial charge in [-0.05, 0) is 53.6 Å². The summed E-state index contributed by atoms with van der Waals surface area (Å²) in [4.78, 5) is 12.1. The van der Waals surface area contributed by atoms with Crippen molar-refractivity contribution < 1.29 is 14.3 Å². The third kappa shape index (κ3) is 4.23. The number of hydrogen-bond acceptors (Lipinski definition) is 4. The van der Waals surface area contributed by atoms with Crippen LogP contribution in [0.25, 0.3) is 0 Å². The molecular formula is C15H19ClINO3. The van der Waals surface area contributed by atoms with Gasteiger partial charge in [0.1, 0.15) is 17.4 Å². The zero-order valence-electron chi connectivity index (χ0n) is 11.9. The van der Waals surface area contributed by atoms with Crippen LogP contribution in [-0.2, 0) is 9.53 Å². The van der Waals surface area contributed by atoms with Gasteiger partial charge < -0.3 is 9.47 Å². The number of alkyl halides is 1. The minimum atomic E-state index is -0.670. The van der Waals surface area contributed by atoms with Crippen LogP contribution in [0.15, 0.2) is 24.3 Å². The van der Waals surface area contributed by atoms with Crippen LogP contribution in [0.3, 0.4) is 0 Å². The van der Waals surface area contributed by atoms with Crippen molar-refractivity contribution in [2.75, 3.05) is 19.5 Å². The minimum Gasteiger partial charge on any atom is -0.489 e. The summed E-state index contributed by atoms with van der Waals surface area (Å²) in [6, 6.07) is 7.89. The van der Waals surface area contributed by atoms with Crippen molar-refractivity contribution in [3.05, 3.63) is 27.8 Å². The van der Waals surface area contributed by atoms with Crippen molar-refractivity contribution in [2.24, 2.45) is 0 Å². The van der Waals surface area contributed by atoms with Gasteiger partial charge in [-0.3, -0.25) is 10.1 Å². The number of methoxy groups -OCH3 is 1. The van der Waals surface area contributed by atoms with Crippen molar-refractivity contribution in [2.45, 2.75) is 30.9 Å². The molecule has 2 rings (SSSR count). The lowest BCUT2D eigenvalue weighted by molar-refractivity contribution is -0.148. The standard InChI is InChI=1S/C15H19ClINO3/c1-20-14(19)15(6-3-7-16)9-13(10-18-15)21-12-5-2-4-11(17)8-12/h2,4-5,8,13,18H,3,6-7,9-10H2,1H3/t13-,15+/m1/s1. The second-order valence-electron chi connectivity index (χ2n) is 5.15. The monoisotopic (exact) mass is 423 g/mol. The molecule has 1 saturated heterocycles. The highest BCUT2D eigenvalue weighted by atomic mass is 127. The fourth-order valence-corrected chi connectivity index (χ4v) is 3.32. The predicted octanol–water partition coefficient (Wildman–Crippen LogP) is 2.96. The van der Waals surface area contributed by atoms with E-state index in [0.717, 1.165) is 15.7 Å². The summed E-state index contributed by atoms with van der Waals surface area (Å²) in [6.07, 6.45) is 1.98. The first kappa shape index (κ1) is 16.8. The highest BCUT2D eigenvalue weighted by Gasteiger charge is 2.46. The summed E-state index contributed by atoms with van der Waals surface area (Å²) in [7, 11) is 1.42. The van der Waals surface area contributed by atoms with E-state index in [9.17, 15) is 4.79 Å². The molecule has 1 N–H and O–H groups in total. The third-order valence-corrected chi connectivity index (χ3v) is 4.59. The molecule has 116 valence electrons. The summed E-state index contributed by atoms with van der Waals surface area (Å²) in [5.41, 5.74) is -0.670. The van der Waals surface area contributed by atoms with E-state index in [-0.39, 0.29) is 12.1 Å². The number of rotatable bonds is 6. The Balaban J connectivity index is 2.03. The molecule has 6 heteroatoms. The van der Waals surface area contributed by atoms with Gasteiger partial charge in [-0.1, -0.05) is 6.07 Å². The second kappa shape index (κ2) is 7.65. The summed E-state index contributed by atoms with van der Waals surface area (Å²) in [5, 5.41) is 3.28. The molecule has 1 aromatic carbocycles. The second-order valence-corrected chi connectivity index (χ2v) is 6.77. The van der Waals surface area contributed by atoms with Crippen LogP contribution in [0.5, 0.6) is 5.75 Å². The summed E-state index contributed by atoms with van der Waals surface area (Å²) < 4.78 is 12.1. The topological polar surface area (TPSA) is 47.6 Å². The molecule has 1 heterocycles. The summed E-state index contributed by atoms with van der Waals surface area (Å²) >= 11 is 8.01. The number of hydrogen-bond donors (Lipinski definition) is 1. The highest BCUT2D eigenvalue weighted by molar-refractivity contribution is 14.1. The first-order valence-electron chi connectivity index (χ1n) is 6.91. The van der Waals surface area contributed by atoms with Gasteiger partial charge in [0.2, 0.25) is 0 Å². The van der Waals surface area contributed by atoms with E-state index in [1.165, 1.54) is 7.11 Å². The maximum atomic E-state index is 12.1. The van der Waals surface area contributed by atoms with Gasteiger partial charge in [-0.25, -0.2) is 0 Å². The number of ether oxygens (including phenoxy) is 2. The Morgan fingerprint density at radius 2 is 2.38 bits per heavy atom. The highest BCUT2D eigenvalue weighted by Crippen LogP contribution is 2.29. The van der Waals surface area contributed by atoms with E-state index in [0.29, 0.717) is 25.3 Å². The molecule has 0 aromatic heterocycles. The number of carbonyl (C=O) groups is 1. The fourth-order valence-electron chi connectivity index (χ4n) is 2.67. The Kier molecular flexibility index (Phi) is 6.13. The maximum Gasteiger partial charge on any atom is 0.326 e. The lowest BCUT2D eigenvalue weighted by atomic mass is 9.91. The Bertz CT molecular complexity index is 500. The van der Waals surface area contributed by atoms with E-state index >= 15 is 0 Å². The van der Waals surface area contributed by atoms with Gasteiger partial charge in [-0.2, -0.15) is 0 Å². The number of nitrogens with one attached hydrogen (secondary N) is 1. The average molecular weight is 424 g/mol. The lowest BCUT2D eigenvalue weighted by Gasteiger charge is -2.26. The van der Waals surface area contributed by atoms with E-state index < -0.39 is 5.54 Å². The van der Waals surface area contributed by atoms with Gasteiger partial charge in [-0.15, -0.1) is 11.6 Å². The largest absolute Gasteiger partial charge is 0.489 e. The molecule has 0 saturated carbocycles. The van der Waals surface area contributed by atoms with Gasteiger partial charge in [0.05, 0.1) is 7.11 Å². The van der Waals surface area contributed by atoms with Crippen LogP contribution in [0, 0.1) is 3.57 Å². The van der Waals surface area contributed by atoms with Crippen LogP contribution in [0.1, 0.15) is 19.3 Å². The number of esters is 1. The molecule has 0 bridgehead atoms. The molecule has 1 aromatic rings. The molecular weight excluding hydrogens is 405 g/mol. The van der Waals surface area contributed by atoms with Gasteiger partial charge in [0.25, 0.3) is 0 Å². The Hall–Kier alpha value is -0.530. The van der Waals surface area contributed by atoms with Gasteiger partial charge in [0.15, 0.2) is 0 Å². The minimum absolute atomic E-state index is 0.0439. The zero-order chi connectivity index (χ0) is 15.3. The van der Waals surface area contributed by atoms with Crippen LogP contribution in [0.4, 0.5) is 0 Å². The van der Waals surface area contributed by atoms with Gasteiger partial charge >= 0.3 is 5.97 Å². The molecule has 0 spiro atoms. The maximum absolute atomic E-state index is 12.1. The molecule has 4 nitrogen and oxygen atoms in total. The Morgan fingerprint density at radius 1 is 1.57 bits per heavy atom. The molecule has 0 radical (unpaired) electrons. The fraction of sp³-hybridized carbons (Fsp3) is 0.533. The van der Waals surface area contributed by atoms with Crippen molar-refractivity contribution in [3.8, 4) is 5.75 Å². The van der Waals surface area contributed by atoms with E-state index in [2.05, 4.69) is 27.9 Å². The van der Waals surface area contributed by atoms with Crippen LogP contribution >= 0.6 is 34.2 Å². The number of halogens is 2. The van der Waals surface area contributed by atoms with Crippen molar-refractivity contribution in [1.29, 1.82) is 0 Å². The molecule has 0 amide bonds. The molecule has 1 fully saturated rings. The number of benzene rings is 1. The van der Waals surface area contributed by atoms with E-state index in [1.807, 2.05) is 24.3 Å². The first-order valence-corrected chi connectivity index (χ1v) is 8.52.